The van der Waals surface area contributed by atoms with E-state index in [0.29, 0.717) is 6.04 Å². The normalized spacial score (nSPS) is 31.8. The Morgan fingerprint density at radius 1 is 1.47 bits per heavy atom. The summed E-state index contributed by atoms with van der Waals surface area (Å²) < 4.78 is 0. The molecule has 4 nitrogen and oxygen atoms in total. The third-order valence-electron chi connectivity index (χ3n) is 3.87. The van der Waals surface area contributed by atoms with Crippen LogP contribution in [0.2, 0.25) is 5.82 Å². The van der Waals surface area contributed by atoms with E-state index in [1.165, 1.54) is 0 Å². The minimum absolute atomic E-state index is 0.00753. The van der Waals surface area contributed by atoms with Crippen LogP contribution in [0.15, 0.2) is 11.8 Å². The standard InChI is InChI=1S/C12H20BNO3/c1-7(2)12(15)11-6-8-5-9(13(16)17)3-4-10(8)14-11/h6-10,14,16-17H,3-5H2,1-2H3. The molecule has 1 fully saturated rings. The van der Waals surface area contributed by atoms with Crippen molar-refractivity contribution < 1.29 is 14.8 Å². The molecular weight excluding hydrogens is 217 g/mol. The average Bonchev–Trinajstić information content (AvgIpc) is 2.69. The summed E-state index contributed by atoms with van der Waals surface area (Å²) >= 11 is 0. The summed E-state index contributed by atoms with van der Waals surface area (Å²) in [4.78, 5) is 11.9. The number of nitrogens with one attached hydrogen (secondary N) is 1. The van der Waals surface area contributed by atoms with E-state index < -0.39 is 7.12 Å². The van der Waals surface area contributed by atoms with Crippen molar-refractivity contribution in [2.45, 2.75) is 45.0 Å². The second-order valence-corrected chi connectivity index (χ2v) is 5.50. The van der Waals surface area contributed by atoms with Crippen molar-refractivity contribution in [1.82, 2.24) is 5.32 Å². The highest BCUT2D eigenvalue weighted by Crippen LogP contribution is 2.38. The van der Waals surface area contributed by atoms with Crippen molar-refractivity contribution in [2.75, 3.05) is 0 Å². The lowest BCUT2D eigenvalue weighted by Gasteiger charge is -2.31. The molecule has 0 aromatic carbocycles. The van der Waals surface area contributed by atoms with Gasteiger partial charge in [-0.15, -0.1) is 0 Å². The molecule has 1 aliphatic carbocycles. The van der Waals surface area contributed by atoms with Crippen LogP contribution in [0.25, 0.3) is 0 Å². The Balaban J connectivity index is 2.03. The highest BCUT2D eigenvalue weighted by Gasteiger charge is 2.39. The van der Waals surface area contributed by atoms with E-state index in [4.69, 9.17) is 0 Å². The van der Waals surface area contributed by atoms with Crippen LogP contribution in [0, 0.1) is 11.8 Å². The molecule has 0 aromatic heterocycles. The molecule has 2 aliphatic rings. The maximum atomic E-state index is 11.9. The molecule has 1 heterocycles. The first kappa shape index (κ1) is 12.6. The van der Waals surface area contributed by atoms with Gasteiger partial charge in [-0.05, 0) is 24.6 Å². The van der Waals surface area contributed by atoms with Gasteiger partial charge < -0.3 is 15.4 Å². The van der Waals surface area contributed by atoms with Crippen LogP contribution in [-0.2, 0) is 4.79 Å². The summed E-state index contributed by atoms with van der Waals surface area (Å²) in [5, 5.41) is 21.7. The molecule has 0 bridgehead atoms. The van der Waals surface area contributed by atoms with Crippen LogP contribution in [0.1, 0.15) is 33.1 Å². The topological polar surface area (TPSA) is 69.6 Å². The number of allylic oxidation sites excluding steroid dienone is 1. The Kier molecular flexibility index (Phi) is 3.59. The third kappa shape index (κ3) is 2.55. The molecule has 5 heteroatoms. The summed E-state index contributed by atoms with van der Waals surface area (Å²) in [6, 6.07) is 0.308. The minimum atomic E-state index is -1.23. The average molecular weight is 237 g/mol. The predicted octanol–water partition coefficient (Wildman–Crippen LogP) is 0.710. The maximum absolute atomic E-state index is 11.9. The second-order valence-electron chi connectivity index (χ2n) is 5.50. The molecule has 0 spiro atoms. The van der Waals surface area contributed by atoms with Crippen LogP contribution in [0.4, 0.5) is 0 Å². The molecule has 3 atom stereocenters. The number of fused-ring (bicyclic) bond motifs is 1. The van der Waals surface area contributed by atoms with Gasteiger partial charge in [-0.2, -0.15) is 0 Å². The molecule has 3 unspecified atom stereocenters. The second kappa shape index (κ2) is 4.82. The molecule has 1 saturated carbocycles. The lowest BCUT2D eigenvalue weighted by atomic mass is 9.62. The molecule has 1 aliphatic heterocycles. The van der Waals surface area contributed by atoms with Gasteiger partial charge in [-0.25, -0.2) is 0 Å². The molecule has 0 radical (unpaired) electrons. The van der Waals surface area contributed by atoms with Gasteiger partial charge in [0.1, 0.15) is 0 Å². The number of rotatable bonds is 3. The largest absolute Gasteiger partial charge is 0.454 e. The molecule has 3 N–H and O–H groups in total. The Labute approximate surface area is 102 Å². The molecule has 0 amide bonds. The zero-order valence-corrected chi connectivity index (χ0v) is 10.4. The van der Waals surface area contributed by atoms with Crippen molar-refractivity contribution in [3.05, 3.63) is 11.8 Å². The third-order valence-corrected chi connectivity index (χ3v) is 3.87. The van der Waals surface area contributed by atoms with E-state index in [0.717, 1.165) is 25.0 Å². The lowest BCUT2D eigenvalue weighted by molar-refractivity contribution is -0.118. The number of carbonyl (C=O) groups excluding carboxylic acids is 1. The fraction of sp³-hybridized carbons (Fsp3) is 0.750. The number of hydrogen-bond donors (Lipinski definition) is 3. The van der Waals surface area contributed by atoms with Crippen LogP contribution in [-0.4, -0.2) is 29.0 Å². The van der Waals surface area contributed by atoms with Gasteiger partial charge in [-0.3, -0.25) is 4.79 Å². The van der Waals surface area contributed by atoms with Gasteiger partial charge in [-0.1, -0.05) is 26.3 Å². The minimum Gasteiger partial charge on any atom is -0.427 e. The fourth-order valence-corrected chi connectivity index (χ4v) is 2.80. The molecule has 0 saturated heterocycles. The fourth-order valence-electron chi connectivity index (χ4n) is 2.80. The van der Waals surface area contributed by atoms with E-state index >= 15 is 0 Å². The van der Waals surface area contributed by atoms with Crippen LogP contribution < -0.4 is 5.32 Å². The van der Waals surface area contributed by atoms with E-state index in [9.17, 15) is 14.8 Å². The van der Waals surface area contributed by atoms with Crippen molar-refractivity contribution in [3.8, 4) is 0 Å². The van der Waals surface area contributed by atoms with Crippen LogP contribution in [0.3, 0.4) is 0 Å². The molecule has 0 aromatic rings. The molecule has 94 valence electrons. The first-order valence-corrected chi connectivity index (χ1v) is 6.37. The number of ketones is 1. The Morgan fingerprint density at radius 2 is 2.18 bits per heavy atom. The molecular formula is C12H20BNO3. The predicted molar refractivity (Wildman–Crippen MR) is 66.1 cm³/mol. The highest BCUT2D eigenvalue weighted by molar-refractivity contribution is 6.43. The number of Topliss-reactive ketones (excluding diaryl/α,β-unsaturated/α-hetero) is 1. The maximum Gasteiger partial charge on any atom is 0.454 e. The van der Waals surface area contributed by atoms with Gasteiger partial charge in [0.2, 0.25) is 0 Å². The van der Waals surface area contributed by atoms with E-state index in [-0.39, 0.29) is 23.4 Å². The summed E-state index contributed by atoms with van der Waals surface area (Å²) in [5.41, 5.74) is 0.725. The van der Waals surface area contributed by atoms with E-state index in [1.807, 2.05) is 19.9 Å². The zero-order chi connectivity index (χ0) is 12.6. The van der Waals surface area contributed by atoms with Gasteiger partial charge in [0.05, 0.1) is 5.70 Å². The SMILES string of the molecule is CC(C)C(=O)C1=CC2CC(B(O)O)CCC2N1. The zero-order valence-electron chi connectivity index (χ0n) is 10.4. The van der Waals surface area contributed by atoms with E-state index in [2.05, 4.69) is 5.32 Å². The van der Waals surface area contributed by atoms with Crippen molar-refractivity contribution >= 4 is 12.9 Å². The van der Waals surface area contributed by atoms with Crippen molar-refractivity contribution in [2.24, 2.45) is 11.8 Å². The summed E-state index contributed by atoms with van der Waals surface area (Å²) in [5.74, 6) is 0.379. The summed E-state index contributed by atoms with van der Waals surface area (Å²) in [7, 11) is -1.23. The lowest BCUT2D eigenvalue weighted by Crippen LogP contribution is -2.37. The highest BCUT2D eigenvalue weighted by atomic mass is 16.4. The smallest absolute Gasteiger partial charge is 0.427 e. The quantitative estimate of drug-likeness (QED) is 0.632. The first-order valence-electron chi connectivity index (χ1n) is 6.37. The number of carbonyl (C=O) groups is 1. The van der Waals surface area contributed by atoms with E-state index in [1.54, 1.807) is 0 Å². The van der Waals surface area contributed by atoms with Crippen molar-refractivity contribution in [1.29, 1.82) is 0 Å². The van der Waals surface area contributed by atoms with Crippen LogP contribution in [0.5, 0.6) is 0 Å². The Hall–Kier alpha value is -0.805. The van der Waals surface area contributed by atoms with Crippen molar-refractivity contribution in [3.63, 3.8) is 0 Å². The van der Waals surface area contributed by atoms with Gasteiger partial charge in [0, 0.05) is 12.0 Å². The Bertz CT molecular complexity index is 341. The monoisotopic (exact) mass is 237 g/mol. The Morgan fingerprint density at radius 3 is 2.76 bits per heavy atom. The first-order chi connectivity index (χ1) is 7.99. The van der Waals surface area contributed by atoms with Crippen LogP contribution >= 0.6 is 0 Å². The summed E-state index contributed by atoms with van der Waals surface area (Å²) in [6.45, 7) is 3.79. The van der Waals surface area contributed by atoms with Gasteiger partial charge in [0.25, 0.3) is 0 Å². The molecule has 17 heavy (non-hydrogen) atoms. The number of hydrogen-bond acceptors (Lipinski definition) is 4. The van der Waals surface area contributed by atoms with Gasteiger partial charge >= 0.3 is 7.12 Å². The van der Waals surface area contributed by atoms with Gasteiger partial charge in [0.15, 0.2) is 5.78 Å². The summed E-state index contributed by atoms with van der Waals surface area (Å²) in [6.07, 6.45) is 4.45. The molecule has 2 rings (SSSR count).